The summed E-state index contributed by atoms with van der Waals surface area (Å²) in [6.45, 7) is 4.12. The zero-order valence-corrected chi connectivity index (χ0v) is 27.5. The van der Waals surface area contributed by atoms with Crippen molar-refractivity contribution >= 4 is 17.9 Å². The first kappa shape index (κ1) is 37.0. The zero-order chi connectivity index (χ0) is 34.4. The second-order valence-electron chi connectivity index (χ2n) is 14.8. The molecule has 0 aliphatic heterocycles. The fourth-order valence-corrected chi connectivity index (χ4v) is 9.75. The molecule has 266 valence electrons. The summed E-state index contributed by atoms with van der Waals surface area (Å²) in [5, 5.41) is 52.5. The Morgan fingerprint density at radius 3 is 1.81 bits per heavy atom. The van der Waals surface area contributed by atoms with Crippen LogP contribution in [0, 0.1) is 73.5 Å². The molecule has 0 aromatic carbocycles. The second kappa shape index (κ2) is 16.5. The van der Waals surface area contributed by atoms with E-state index in [4.69, 9.17) is 9.62 Å². The van der Waals surface area contributed by atoms with E-state index >= 15 is 0 Å². The first-order valence-corrected chi connectivity index (χ1v) is 17.6. The van der Waals surface area contributed by atoms with E-state index in [0.717, 1.165) is 51.4 Å². The van der Waals surface area contributed by atoms with Crippen LogP contribution >= 0.6 is 0 Å². The molecule has 0 radical (unpaired) electrons. The van der Waals surface area contributed by atoms with Gasteiger partial charge in [-0.2, -0.15) is 0 Å². The molecule has 0 amide bonds. The summed E-state index contributed by atoms with van der Waals surface area (Å²) in [6.07, 6.45) is 6.92. The molecule has 3 N–H and O–H groups in total. The number of ether oxygens (including phenoxy) is 1. The van der Waals surface area contributed by atoms with Gasteiger partial charge in [0.2, 0.25) is 12.1 Å². The lowest BCUT2D eigenvalue weighted by atomic mass is 9.62. The summed E-state index contributed by atoms with van der Waals surface area (Å²) in [4.78, 5) is 64.3. The Balaban J connectivity index is 1.34. The van der Waals surface area contributed by atoms with Crippen LogP contribution in [-0.4, -0.2) is 67.5 Å². The quantitative estimate of drug-likeness (QED) is 0.0931. The molecule has 0 heterocycles. The third kappa shape index (κ3) is 8.79. The maximum atomic E-state index is 13.2. The molecule has 0 aromatic rings. The molecule has 14 nitrogen and oxygen atoms in total. The second-order valence-corrected chi connectivity index (χ2v) is 14.8. The van der Waals surface area contributed by atoms with Gasteiger partial charge in [0.1, 0.15) is 6.10 Å². The lowest BCUT2D eigenvalue weighted by Crippen LogP contribution is -2.47. The lowest BCUT2D eigenvalue weighted by molar-refractivity contribution is -0.530. The van der Waals surface area contributed by atoms with Crippen LogP contribution in [-0.2, 0) is 24.0 Å². The van der Waals surface area contributed by atoms with Gasteiger partial charge in [-0.25, -0.2) is 4.89 Å². The van der Waals surface area contributed by atoms with Crippen molar-refractivity contribution in [3.63, 3.8) is 0 Å². The van der Waals surface area contributed by atoms with E-state index in [1.807, 2.05) is 6.92 Å². The van der Waals surface area contributed by atoms with Crippen LogP contribution in [0.1, 0.15) is 110 Å². The number of carboxylic acid groups (broad SMARTS) is 2. The third-order valence-corrected chi connectivity index (χ3v) is 12.3. The van der Waals surface area contributed by atoms with Gasteiger partial charge in [0.25, 0.3) is 0 Å². The Morgan fingerprint density at radius 1 is 0.702 bits per heavy atom. The molecule has 0 saturated heterocycles. The van der Waals surface area contributed by atoms with Crippen LogP contribution in [0.15, 0.2) is 0 Å². The fraction of sp³-hybridized carbons (Fsp3) is 0.909. The van der Waals surface area contributed by atoms with Gasteiger partial charge in [0, 0.05) is 41.4 Å². The molecule has 4 fully saturated rings. The monoisotopic (exact) mass is 668 g/mol. The van der Waals surface area contributed by atoms with Gasteiger partial charge < -0.3 is 14.9 Å². The van der Waals surface area contributed by atoms with Gasteiger partial charge in [0.15, 0.2) is 0 Å². The van der Waals surface area contributed by atoms with Crippen LogP contribution in [0.4, 0.5) is 0 Å². The summed E-state index contributed by atoms with van der Waals surface area (Å²) in [5.74, 6) is -5.17. The highest BCUT2D eigenvalue weighted by molar-refractivity contribution is 5.81. The molecule has 13 unspecified atom stereocenters. The number of carbonyl (C=O) groups excluding carboxylic acids is 1. The van der Waals surface area contributed by atoms with Crippen molar-refractivity contribution in [1.29, 1.82) is 0 Å². The number of carboxylic acids is 2. The number of esters is 1. The van der Waals surface area contributed by atoms with Crippen LogP contribution in [0.2, 0.25) is 0 Å². The predicted octanol–water partition coefficient (Wildman–Crippen LogP) is 5.71. The minimum Gasteiger partial charge on any atom is -0.481 e. The van der Waals surface area contributed by atoms with E-state index in [1.54, 1.807) is 0 Å². The van der Waals surface area contributed by atoms with E-state index in [0.29, 0.717) is 18.3 Å². The number of carbonyl (C=O) groups is 3. The predicted molar refractivity (Wildman–Crippen MR) is 166 cm³/mol. The molecule has 4 saturated carbocycles. The lowest BCUT2D eigenvalue weighted by Gasteiger charge is -2.45. The van der Waals surface area contributed by atoms with Crippen molar-refractivity contribution in [2.75, 3.05) is 0 Å². The smallest absolute Gasteiger partial charge is 0.310 e. The average molecular weight is 669 g/mol. The number of aliphatic carboxylic acids is 2. The van der Waals surface area contributed by atoms with Gasteiger partial charge in [-0.3, -0.25) is 39.9 Å². The van der Waals surface area contributed by atoms with Crippen molar-refractivity contribution in [1.82, 2.24) is 0 Å². The fourth-order valence-electron chi connectivity index (χ4n) is 9.75. The van der Waals surface area contributed by atoms with Gasteiger partial charge in [-0.15, -0.1) is 0 Å². The highest BCUT2D eigenvalue weighted by Gasteiger charge is 2.49. The molecule has 47 heavy (non-hydrogen) atoms. The SMILES string of the molecule is CCC1CC(CC2CCC(C(OO)C3CC([N+](=O)[O-])CCC3C(=O)O)C(CC)C2)CCC1OC(=O)C1CC([N+](=O)[O-])CCC1C(=O)O. The van der Waals surface area contributed by atoms with Crippen molar-refractivity contribution < 1.29 is 49.3 Å². The van der Waals surface area contributed by atoms with E-state index < -0.39 is 64.7 Å². The summed E-state index contributed by atoms with van der Waals surface area (Å²) < 4.78 is 5.93. The Labute approximate surface area is 275 Å². The molecule has 4 aliphatic carbocycles. The van der Waals surface area contributed by atoms with Crippen molar-refractivity contribution in [3.8, 4) is 0 Å². The first-order chi connectivity index (χ1) is 22.4. The maximum absolute atomic E-state index is 13.2. The maximum Gasteiger partial charge on any atom is 0.310 e. The summed E-state index contributed by atoms with van der Waals surface area (Å²) >= 11 is 0. The highest BCUT2D eigenvalue weighted by atomic mass is 17.1. The van der Waals surface area contributed by atoms with Gasteiger partial charge in [-0.05, 0) is 87.4 Å². The summed E-state index contributed by atoms with van der Waals surface area (Å²) in [6, 6.07) is -1.79. The Hall–Kier alpha value is -2.87. The van der Waals surface area contributed by atoms with Crippen molar-refractivity contribution in [2.45, 2.75) is 134 Å². The Morgan fingerprint density at radius 2 is 1.26 bits per heavy atom. The molecule has 0 aromatic heterocycles. The average Bonchev–Trinajstić information content (AvgIpc) is 3.05. The Kier molecular flexibility index (Phi) is 13.0. The van der Waals surface area contributed by atoms with E-state index in [1.165, 1.54) is 0 Å². The van der Waals surface area contributed by atoms with Crippen LogP contribution in [0.25, 0.3) is 0 Å². The van der Waals surface area contributed by atoms with E-state index in [2.05, 4.69) is 6.92 Å². The molecular formula is C33H52N2O12. The standard InChI is InChI=1S/C33H52N2O12/c1-3-20-14-18(5-9-24(20)30(47-45)27-16-22(34(41)42)7-10-25(27)31(36)37)13-19-6-12-29(21(4-2)15-19)46-33(40)28-17-23(35(43)44)8-11-26(28)32(38)39/h18-30,45H,3-17H2,1-2H3,(H,36,37)(H,38,39). The molecular weight excluding hydrogens is 616 g/mol. The first-order valence-electron chi connectivity index (χ1n) is 17.6. The van der Waals surface area contributed by atoms with Crippen molar-refractivity contribution in [3.05, 3.63) is 20.2 Å². The van der Waals surface area contributed by atoms with Crippen LogP contribution < -0.4 is 0 Å². The zero-order valence-electron chi connectivity index (χ0n) is 27.5. The largest absolute Gasteiger partial charge is 0.481 e. The van der Waals surface area contributed by atoms with Gasteiger partial charge in [-0.1, -0.05) is 26.7 Å². The molecule has 0 bridgehead atoms. The number of rotatable bonds is 13. The topological polar surface area (TPSA) is 217 Å². The number of hydrogen-bond donors (Lipinski definition) is 3. The molecule has 14 heteroatoms. The minimum atomic E-state index is -1.12. The Bertz CT molecular complexity index is 1130. The molecule has 0 spiro atoms. The van der Waals surface area contributed by atoms with Gasteiger partial charge >= 0.3 is 17.9 Å². The highest BCUT2D eigenvalue weighted by Crippen LogP contribution is 2.48. The number of nitrogens with zero attached hydrogens (tertiary/aromatic N) is 2. The van der Waals surface area contributed by atoms with Crippen molar-refractivity contribution in [2.24, 2.45) is 53.3 Å². The molecule has 13 atom stereocenters. The molecule has 4 aliphatic rings. The normalized spacial score (nSPS) is 38.5. The number of hydrogen-bond acceptors (Lipinski definition) is 10. The van der Waals surface area contributed by atoms with E-state index in [-0.39, 0.29) is 67.3 Å². The van der Waals surface area contributed by atoms with E-state index in [9.17, 15) is 50.1 Å². The summed E-state index contributed by atoms with van der Waals surface area (Å²) in [5.41, 5.74) is 0. The minimum absolute atomic E-state index is 0.0752. The number of nitro groups is 2. The molecule has 4 rings (SSSR count). The van der Waals surface area contributed by atoms with Crippen LogP contribution in [0.3, 0.4) is 0 Å². The summed E-state index contributed by atoms with van der Waals surface area (Å²) in [7, 11) is 0. The van der Waals surface area contributed by atoms with Gasteiger partial charge in [0.05, 0.1) is 23.9 Å². The third-order valence-electron chi connectivity index (χ3n) is 12.3. The van der Waals surface area contributed by atoms with Crippen LogP contribution in [0.5, 0.6) is 0 Å².